The Morgan fingerprint density at radius 1 is 1.38 bits per heavy atom. The number of para-hydroxylation sites is 1. The summed E-state index contributed by atoms with van der Waals surface area (Å²) in [5, 5.41) is 10.5. The number of thiophene rings is 1. The number of nitrogens with one attached hydrogen (secondary N) is 1. The van der Waals surface area contributed by atoms with Crippen LogP contribution in [0.25, 0.3) is 0 Å². The van der Waals surface area contributed by atoms with Crippen LogP contribution in [0, 0.1) is 0 Å². The Labute approximate surface area is 127 Å². The number of fused-ring (bicyclic) bond motifs is 1. The molecule has 1 atom stereocenters. The molecule has 0 bridgehead atoms. The van der Waals surface area contributed by atoms with Crippen molar-refractivity contribution in [3.8, 4) is 5.75 Å². The van der Waals surface area contributed by atoms with Crippen LogP contribution in [0.3, 0.4) is 0 Å². The van der Waals surface area contributed by atoms with E-state index in [1.165, 1.54) is 22.8 Å². The van der Waals surface area contributed by atoms with Crippen LogP contribution in [0.5, 0.6) is 5.75 Å². The summed E-state index contributed by atoms with van der Waals surface area (Å²) in [7, 11) is -3.56. The van der Waals surface area contributed by atoms with E-state index in [1.54, 1.807) is 0 Å². The van der Waals surface area contributed by atoms with E-state index < -0.39 is 10.0 Å². The van der Waals surface area contributed by atoms with Gasteiger partial charge in [-0.2, -0.15) is 0 Å². The quantitative estimate of drug-likeness (QED) is 0.874. The molecule has 0 fully saturated rings. The molecule has 0 radical (unpaired) electrons. The minimum atomic E-state index is -3.56. The maximum Gasteiger partial charge on any atom is 0.241 e. The Bertz CT molecular complexity index is 714. The zero-order valence-corrected chi connectivity index (χ0v) is 12.8. The molecular formula is C14H15NO4S2. The summed E-state index contributed by atoms with van der Waals surface area (Å²) in [5.41, 5.74) is 1.10. The molecule has 1 unspecified atom stereocenters. The van der Waals surface area contributed by atoms with Gasteiger partial charge in [-0.05, 0) is 17.7 Å². The Morgan fingerprint density at radius 2 is 2.19 bits per heavy atom. The lowest BCUT2D eigenvalue weighted by atomic mass is 10.1. The number of rotatable bonds is 5. The van der Waals surface area contributed by atoms with Crippen molar-refractivity contribution in [3.05, 3.63) is 46.2 Å². The average molecular weight is 325 g/mol. The van der Waals surface area contributed by atoms with E-state index in [0.717, 1.165) is 11.3 Å². The van der Waals surface area contributed by atoms with Crippen molar-refractivity contribution < 1.29 is 18.3 Å². The van der Waals surface area contributed by atoms with Gasteiger partial charge >= 0.3 is 0 Å². The molecule has 0 saturated heterocycles. The molecule has 2 N–H and O–H groups in total. The predicted molar refractivity (Wildman–Crippen MR) is 80.0 cm³/mol. The molecule has 0 amide bonds. The monoisotopic (exact) mass is 325 g/mol. The number of hydrogen-bond donors (Lipinski definition) is 2. The molecular weight excluding hydrogens is 310 g/mol. The molecule has 1 aromatic heterocycles. The number of hydrogen-bond acceptors (Lipinski definition) is 5. The van der Waals surface area contributed by atoms with Crippen LogP contribution in [-0.4, -0.2) is 26.2 Å². The first-order chi connectivity index (χ1) is 10.1. The number of ether oxygens (including phenoxy) is 1. The van der Waals surface area contributed by atoms with Gasteiger partial charge in [-0.3, -0.25) is 0 Å². The summed E-state index contributed by atoms with van der Waals surface area (Å²) in [6, 6.07) is 9.19. The second-order valence-electron chi connectivity index (χ2n) is 4.81. The van der Waals surface area contributed by atoms with Crippen molar-refractivity contribution in [2.24, 2.45) is 0 Å². The van der Waals surface area contributed by atoms with E-state index in [9.17, 15) is 8.42 Å². The van der Waals surface area contributed by atoms with Crippen molar-refractivity contribution >= 4 is 21.4 Å². The van der Waals surface area contributed by atoms with Crippen LogP contribution < -0.4 is 9.46 Å². The van der Waals surface area contributed by atoms with Gasteiger partial charge in [-0.15, -0.1) is 11.3 Å². The smallest absolute Gasteiger partial charge is 0.241 e. The normalized spacial score (nSPS) is 17.5. The Hall–Kier alpha value is -1.41. The summed E-state index contributed by atoms with van der Waals surface area (Å²) < 4.78 is 32.6. The lowest BCUT2D eigenvalue weighted by molar-refractivity contribution is 0.236. The van der Waals surface area contributed by atoms with Crippen molar-refractivity contribution in [2.45, 2.75) is 24.0 Å². The van der Waals surface area contributed by atoms with E-state index in [0.29, 0.717) is 11.3 Å². The number of sulfonamides is 1. The van der Waals surface area contributed by atoms with Crippen LogP contribution >= 0.6 is 11.3 Å². The van der Waals surface area contributed by atoms with Crippen LogP contribution in [0.15, 0.2) is 40.6 Å². The Morgan fingerprint density at radius 3 is 2.90 bits per heavy atom. The minimum Gasteiger partial charge on any atom is -0.488 e. The minimum absolute atomic E-state index is 0.152. The fourth-order valence-corrected chi connectivity index (χ4v) is 4.44. The van der Waals surface area contributed by atoms with Crippen molar-refractivity contribution in [1.29, 1.82) is 0 Å². The molecule has 2 heterocycles. The van der Waals surface area contributed by atoms with Gasteiger partial charge in [-0.25, -0.2) is 13.1 Å². The maximum absolute atomic E-state index is 12.1. The zero-order chi connectivity index (χ0) is 14.9. The molecule has 1 aromatic carbocycles. The molecule has 3 rings (SSSR count). The van der Waals surface area contributed by atoms with E-state index in [4.69, 9.17) is 9.84 Å². The lowest BCUT2D eigenvalue weighted by Gasteiger charge is -2.11. The van der Waals surface area contributed by atoms with Gasteiger partial charge in [0.05, 0.1) is 11.5 Å². The van der Waals surface area contributed by atoms with Crippen LogP contribution in [0.4, 0.5) is 0 Å². The first-order valence-corrected chi connectivity index (χ1v) is 8.87. The molecule has 0 saturated carbocycles. The first kappa shape index (κ1) is 14.5. The van der Waals surface area contributed by atoms with Crippen molar-refractivity contribution in [2.75, 3.05) is 6.54 Å². The third-order valence-electron chi connectivity index (χ3n) is 3.31. The Balaban J connectivity index is 1.63. The van der Waals surface area contributed by atoms with Gasteiger partial charge in [0.2, 0.25) is 10.0 Å². The van der Waals surface area contributed by atoms with Gasteiger partial charge in [-0.1, -0.05) is 18.2 Å². The fraction of sp³-hybridized carbons (Fsp3) is 0.286. The lowest BCUT2D eigenvalue weighted by Crippen LogP contribution is -2.34. The third-order valence-corrected chi connectivity index (χ3v) is 5.78. The zero-order valence-electron chi connectivity index (χ0n) is 11.2. The number of aliphatic hydroxyl groups excluding tert-OH is 1. The van der Waals surface area contributed by atoms with Gasteiger partial charge in [0.15, 0.2) is 0 Å². The van der Waals surface area contributed by atoms with Gasteiger partial charge in [0.25, 0.3) is 0 Å². The molecule has 112 valence electrons. The average Bonchev–Trinajstić information content (AvgIpc) is 3.11. The molecule has 7 heteroatoms. The number of aliphatic hydroxyl groups is 1. The molecule has 2 aromatic rings. The summed E-state index contributed by atoms with van der Waals surface area (Å²) in [5.74, 6) is 0.819. The Kier molecular flexibility index (Phi) is 3.99. The van der Waals surface area contributed by atoms with E-state index in [1.807, 2.05) is 24.3 Å². The highest BCUT2D eigenvalue weighted by molar-refractivity contribution is 7.89. The van der Waals surface area contributed by atoms with Gasteiger partial charge in [0.1, 0.15) is 11.9 Å². The van der Waals surface area contributed by atoms with E-state index in [2.05, 4.69) is 4.72 Å². The van der Waals surface area contributed by atoms with Crippen LogP contribution in [0.1, 0.15) is 10.4 Å². The SMILES string of the molecule is O=S(=O)(NCC1Cc2ccccc2O1)c1csc(CO)c1. The highest BCUT2D eigenvalue weighted by Crippen LogP contribution is 2.28. The molecule has 1 aliphatic heterocycles. The van der Waals surface area contributed by atoms with Gasteiger partial charge in [0, 0.05) is 23.2 Å². The molecule has 1 aliphatic rings. The van der Waals surface area contributed by atoms with Crippen LogP contribution in [0.2, 0.25) is 0 Å². The molecule has 0 spiro atoms. The number of benzene rings is 1. The molecule has 21 heavy (non-hydrogen) atoms. The molecule has 0 aliphatic carbocycles. The highest BCUT2D eigenvalue weighted by Gasteiger charge is 2.25. The summed E-state index contributed by atoms with van der Waals surface area (Å²) in [6.07, 6.45) is 0.512. The second kappa shape index (κ2) is 5.76. The summed E-state index contributed by atoms with van der Waals surface area (Å²) >= 11 is 1.22. The third kappa shape index (κ3) is 3.11. The summed E-state index contributed by atoms with van der Waals surface area (Å²) in [4.78, 5) is 0.812. The van der Waals surface area contributed by atoms with E-state index in [-0.39, 0.29) is 24.2 Å². The van der Waals surface area contributed by atoms with Crippen molar-refractivity contribution in [1.82, 2.24) is 4.72 Å². The van der Waals surface area contributed by atoms with Crippen molar-refractivity contribution in [3.63, 3.8) is 0 Å². The van der Waals surface area contributed by atoms with Crippen LogP contribution in [-0.2, 0) is 23.1 Å². The standard InChI is InChI=1S/C14H15NO4S2/c16-8-12-6-13(9-20-12)21(17,18)15-7-11-5-10-3-1-2-4-14(10)19-11/h1-4,6,9,11,15-16H,5,7-8H2. The predicted octanol–water partition coefficient (Wildman–Crippen LogP) is 1.52. The maximum atomic E-state index is 12.1. The molecule has 5 nitrogen and oxygen atoms in total. The highest BCUT2D eigenvalue weighted by atomic mass is 32.2. The topological polar surface area (TPSA) is 75.6 Å². The second-order valence-corrected chi connectivity index (χ2v) is 7.57. The van der Waals surface area contributed by atoms with Gasteiger partial charge < -0.3 is 9.84 Å². The fourth-order valence-electron chi connectivity index (χ4n) is 2.24. The van der Waals surface area contributed by atoms with E-state index >= 15 is 0 Å². The first-order valence-electron chi connectivity index (χ1n) is 6.51. The summed E-state index contributed by atoms with van der Waals surface area (Å²) in [6.45, 7) is 0.0720. The largest absolute Gasteiger partial charge is 0.488 e.